The van der Waals surface area contributed by atoms with Crippen LogP contribution in [0.1, 0.15) is 6.42 Å². The summed E-state index contributed by atoms with van der Waals surface area (Å²) in [5.41, 5.74) is 0. The SMILES string of the molecule is FC(F)(F)OCC1[CH]C1. The average molecular weight is 139 g/mol. The lowest BCUT2D eigenvalue weighted by molar-refractivity contribution is -0.325. The van der Waals surface area contributed by atoms with E-state index in [1.165, 1.54) is 0 Å². The summed E-state index contributed by atoms with van der Waals surface area (Å²) in [6.07, 6.45) is -1.90. The van der Waals surface area contributed by atoms with E-state index in [-0.39, 0.29) is 12.5 Å². The summed E-state index contributed by atoms with van der Waals surface area (Å²) in [6.45, 7) is -0.205. The molecule has 0 heterocycles. The van der Waals surface area contributed by atoms with Gasteiger partial charge in [0.15, 0.2) is 0 Å². The van der Waals surface area contributed by atoms with Gasteiger partial charge in [0.25, 0.3) is 0 Å². The Morgan fingerprint density at radius 1 is 1.56 bits per heavy atom. The molecule has 1 fully saturated rings. The highest BCUT2D eigenvalue weighted by Gasteiger charge is 2.33. The molecule has 1 aliphatic carbocycles. The predicted molar refractivity (Wildman–Crippen MR) is 24.4 cm³/mol. The van der Waals surface area contributed by atoms with Gasteiger partial charge in [-0.25, -0.2) is 0 Å². The van der Waals surface area contributed by atoms with Crippen LogP contribution in [0.15, 0.2) is 0 Å². The zero-order valence-corrected chi connectivity index (χ0v) is 4.61. The van der Waals surface area contributed by atoms with Crippen LogP contribution >= 0.6 is 0 Å². The van der Waals surface area contributed by atoms with Gasteiger partial charge >= 0.3 is 6.36 Å². The lowest BCUT2D eigenvalue weighted by Gasteiger charge is -2.04. The first-order valence-electron chi connectivity index (χ1n) is 2.62. The molecular weight excluding hydrogens is 133 g/mol. The largest absolute Gasteiger partial charge is 0.522 e. The summed E-state index contributed by atoms with van der Waals surface area (Å²) in [7, 11) is 0. The molecule has 0 N–H and O–H groups in total. The molecule has 4 heteroatoms. The molecule has 0 aromatic heterocycles. The molecule has 1 radical (unpaired) electrons. The van der Waals surface area contributed by atoms with Crippen molar-refractivity contribution in [3.05, 3.63) is 6.42 Å². The predicted octanol–water partition coefficient (Wildman–Crippen LogP) is 1.75. The Morgan fingerprint density at radius 3 is 2.44 bits per heavy atom. The molecule has 1 saturated carbocycles. The van der Waals surface area contributed by atoms with Crippen molar-refractivity contribution in [1.82, 2.24) is 0 Å². The Balaban J connectivity index is 2.03. The van der Waals surface area contributed by atoms with E-state index >= 15 is 0 Å². The maximum atomic E-state index is 11.2. The van der Waals surface area contributed by atoms with Gasteiger partial charge in [-0.3, -0.25) is 4.74 Å². The van der Waals surface area contributed by atoms with Crippen LogP contribution in [0.3, 0.4) is 0 Å². The van der Waals surface area contributed by atoms with Gasteiger partial charge in [0.05, 0.1) is 6.61 Å². The number of hydrogen-bond donors (Lipinski definition) is 0. The van der Waals surface area contributed by atoms with Gasteiger partial charge in [0.1, 0.15) is 0 Å². The van der Waals surface area contributed by atoms with Gasteiger partial charge in [-0.05, 0) is 18.8 Å². The molecular formula is C5H6F3O. The molecule has 1 unspecified atom stereocenters. The maximum Gasteiger partial charge on any atom is 0.522 e. The molecule has 1 nitrogen and oxygen atoms in total. The Morgan fingerprint density at radius 2 is 2.11 bits per heavy atom. The van der Waals surface area contributed by atoms with Crippen LogP contribution in [-0.4, -0.2) is 13.0 Å². The van der Waals surface area contributed by atoms with Crippen LogP contribution in [0.5, 0.6) is 0 Å². The third-order valence-corrected chi connectivity index (χ3v) is 1.03. The number of alkyl halides is 3. The van der Waals surface area contributed by atoms with Crippen molar-refractivity contribution in [1.29, 1.82) is 0 Å². The number of hydrogen-bond acceptors (Lipinski definition) is 1. The third kappa shape index (κ3) is 3.35. The highest BCUT2D eigenvalue weighted by atomic mass is 19.4. The standard InChI is InChI=1S/C5H6F3O/c6-5(7,8)9-3-4-1-2-4/h1,4H,2-3H2. The van der Waals surface area contributed by atoms with Crippen LogP contribution in [0.2, 0.25) is 0 Å². The van der Waals surface area contributed by atoms with E-state index in [4.69, 9.17) is 0 Å². The number of ether oxygens (including phenoxy) is 1. The van der Waals surface area contributed by atoms with Crippen LogP contribution < -0.4 is 0 Å². The summed E-state index contributed by atoms with van der Waals surface area (Å²) in [4.78, 5) is 0. The Kier molecular flexibility index (Phi) is 1.66. The Hall–Kier alpha value is -0.250. The lowest BCUT2D eigenvalue weighted by atomic mass is 10.5. The summed E-state index contributed by atoms with van der Waals surface area (Å²) < 4.78 is 37.1. The van der Waals surface area contributed by atoms with Gasteiger partial charge in [-0.2, -0.15) is 0 Å². The molecule has 0 aromatic carbocycles. The highest BCUT2D eigenvalue weighted by molar-refractivity contribution is 4.94. The quantitative estimate of drug-likeness (QED) is 0.566. The zero-order valence-electron chi connectivity index (χ0n) is 4.61. The van der Waals surface area contributed by atoms with Crippen molar-refractivity contribution in [2.24, 2.45) is 5.92 Å². The fraction of sp³-hybridized carbons (Fsp3) is 0.800. The van der Waals surface area contributed by atoms with Crippen molar-refractivity contribution in [2.75, 3.05) is 6.61 Å². The van der Waals surface area contributed by atoms with E-state index in [1.54, 1.807) is 6.42 Å². The van der Waals surface area contributed by atoms with E-state index in [0.29, 0.717) is 0 Å². The minimum atomic E-state index is -4.45. The Labute approximate surface area is 50.8 Å². The van der Waals surface area contributed by atoms with Gasteiger partial charge in [0, 0.05) is 0 Å². The van der Waals surface area contributed by atoms with Crippen molar-refractivity contribution in [2.45, 2.75) is 12.8 Å². The lowest BCUT2D eigenvalue weighted by Crippen LogP contribution is -2.14. The van der Waals surface area contributed by atoms with E-state index in [9.17, 15) is 13.2 Å². The summed E-state index contributed by atoms with van der Waals surface area (Å²) in [5.74, 6) is 0.0478. The van der Waals surface area contributed by atoms with Gasteiger partial charge in [0.2, 0.25) is 0 Å². The van der Waals surface area contributed by atoms with Crippen molar-refractivity contribution in [3.63, 3.8) is 0 Å². The molecule has 1 atom stereocenters. The third-order valence-electron chi connectivity index (χ3n) is 1.03. The topological polar surface area (TPSA) is 9.23 Å². The second-order valence-corrected chi connectivity index (χ2v) is 1.99. The normalized spacial score (nSPS) is 20.3. The minimum absolute atomic E-state index is 0.0478. The summed E-state index contributed by atoms with van der Waals surface area (Å²) in [6, 6.07) is 0. The van der Waals surface area contributed by atoms with Crippen LogP contribution in [0.4, 0.5) is 13.2 Å². The van der Waals surface area contributed by atoms with Crippen LogP contribution in [0.25, 0.3) is 0 Å². The monoisotopic (exact) mass is 139 g/mol. The van der Waals surface area contributed by atoms with E-state index in [1.807, 2.05) is 0 Å². The first-order chi connectivity index (χ1) is 4.08. The van der Waals surface area contributed by atoms with E-state index in [2.05, 4.69) is 4.74 Å². The van der Waals surface area contributed by atoms with Crippen molar-refractivity contribution < 1.29 is 17.9 Å². The summed E-state index contributed by atoms with van der Waals surface area (Å²) >= 11 is 0. The molecule has 0 saturated heterocycles. The first-order valence-corrected chi connectivity index (χ1v) is 2.62. The number of halogens is 3. The smallest absolute Gasteiger partial charge is 0.292 e. The van der Waals surface area contributed by atoms with Crippen LogP contribution in [-0.2, 0) is 4.74 Å². The molecule has 0 aliphatic heterocycles. The molecule has 0 amide bonds. The highest BCUT2D eigenvalue weighted by Crippen LogP contribution is 2.30. The number of rotatable bonds is 2. The van der Waals surface area contributed by atoms with Crippen molar-refractivity contribution in [3.8, 4) is 0 Å². The van der Waals surface area contributed by atoms with Gasteiger partial charge in [-0.1, -0.05) is 0 Å². The van der Waals surface area contributed by atoms with Gasteiger partial charge in [-0.15, -0.1) is 13.2 Å². The fourth-order valence-corrected chi connectivity index (χ4v) is 0.434. The molecule has 0 aromatic rings. The van der Waals surface area contributed by atoms with E-state index in [0.717, 1.165) is 6.42 Å². The fourth-order valence-electron chi connectivity index (χ4n) is 0.434. The zero-order chi connectivity index (χ0) is 6.91. The Bertz CT molecular complexity index is 94.9. The second kappa shape index (κ2) is 2.17. The van der Waals surface area contributed by atoms with Gasteiger partial charge < -0.3 is 0 Å². The first kappa shape index (κ1) is 6.86. The molecule has 9 heavy (non-hydrogen) atoms. The molecule has 53 valence electrons. The molecule has 1 aliphatic rings. The minimum Gasteiger partial charge on any atom is -0.292 e. The molecule has 0 bridgehead atoms. The second-order valence-electron chi connectivity index (χ2n) is 1.99. The summed E-state index contributed by atoms with van der Waals surface area (Å²) in [5, 5.41) is 0. The molecule has 0 spiro atoms. The molecule has 1 rings (SSSR count). The van der Waals surface area contributed by atoms with Crippen molar-refractivity contribution >= 4 is 0 Å². The van der Waals surface area contributed by atoms with Crippen LogP contribution in [0, 0.1) is 12.3 Å². The maximum absolute atomic E-state index is 11.2. The van der Waals surface area contributed by atoms with E-state index < -0.39 is 6.36 Å². The average Bonchev–Trinajstić information content (AvgIpc) is 2.38.